The molecule has 1 aliphatic heterocycles. The van der Waals surface area contributed by atoms with Crippen LogP contribution in [-0.4, -0.2) is 47.4 Å². The second-order valence-electron chi connectivity index (χ2n) is 8.10. The molecule has 1 atom stereocenters. The molecule has 2 aromatic heterocycles. The van der Waals surface area contributed by atoms with Crippen LogP contribution >= 0.6 is 11.3 Å². The molecule has 3 heterocycles. The lowest BCUT2D eigenvalue weighted by molar-refractivity contribution is -0.129. The summed E-state index contributed by atoms with van der Waals surface area (Å²) in [5, 5.41) is 0.443. The summed E-state index contributed by atoms with van der Waals surface area (Å²) in [5.41, 5.74) is 1.31. The number of esters is 1. The van der Waals surface area contributed by atoms with Gasteiger partial charge in [-0.1, -0.05) is 30.3 Å². The van der Waals surface area contributed by atoms with Gasteiger partial charge in [0, 0.05) is 24.4 Å². The summed E-state index contributed by atoms with van der Waals surface area (Å²) in [6.45, 7) is 4.82. The minimum atomic E-state index is -0.501. The molecule has 4 rings (SSSR count). The Balaban J connectivity index is 1.55. The number of anilines is 1. The molecule has 2 amide bonds. The van der Waals surface area contributed by atoms with Gasteiger partial charge in [-0.25, -0.2) is 9.78 Å². The lowest BCUT2D eigenvalue weighted by Gasteiger charge is -2.23. The zero-order chi connectivity index (χ0) is 24.1. The molecule has 1 fully saturated rings. The minimum absolute atomic E-state index is 0.0831. The third-order valence-electron chi connectivity index (χ3n) is 5.71. The van der Waals surface area contributed by atoms with E-state index in [0.29, 0.717) is 41.8 Å². The van der Waals surface area contributed by atoms with Crippen LogP contribution in [0.3, 0.4) is 0 Å². The smallest absolute Gasteiger partial charge is 0.358 e. The van der Waals surface area contributed by atoms with Crippen LogP contribution in [0, 0.1) is 12.8 Å². The summed E-state index contributed by atoms with van der Waals surface area (Å²) in [6.07, 6.45) is 2.32. The van der Waals surface area contributed by atoms with E-state index in [1.807, 2.05) is 36.4 Å². The standard InChI is InChI=1S/C25H27N3O5S/c1-3-32-24(31)22-17(2)34-25(26-22)28(12-11-18-8-5-4-6-9-18)23(30)19-14-21(29)27(15-19)16-20-10-7-13-33-20/h4-10,13,19H,3,11-12,14-16H2,1-2H3. The van der Waals surface area contributed by atoms with Crippen molar-refractivity contribution >= 4 is 34.3 Å². The molecule has 0 aliphatic carbocycles. The number of carbonyl (C=O) groups excluding carboxylic acids is 3. The Morgan fingerprint density at radius 3 is 2.74 bits per heavy atom. The normalized spacial score (nSPS) is 15.5. The Morgan fingerprint density at radius 1 is 1.24 bits per heavy atom. The monoisotopic (exact) mass is 481 g/mol. The zero-order valence-electron chi connectivity index (χ0n) is 19.2. The SMILES string of the molecule is CCOC(=O)c1nc(N(CCc2ccccc2)C(=O)C2CC(=O)N(Cc3ccco3)C2)sc1C. The lowest BCUT2D eigenvalue weighted by atomic mass is 10.1. The number of thiazole rings is 1. The number of aryl methyl sites for hydroxylation is 1. The van der Waals surface area contributed by atoms with Gasteiger partial charge < -0.3 is 14.1 Å². The van der Waals surface area contributed by atoms with E-state index in [0.717, 1.165) is 5.56 Å². The van der Waals surface area contributed by atoms with Crippen molar-refractivity contribution in [3.63, 3.8) is 0 Å². The maximum absolute atomic E-state index is 13.7. The number of furan rings is 1. The number of hydrogen-bond acceptors (Lipinski definition) is 7. The molecule has 1 aliphatic rings. The van der Waals surface area contributed by atoms with Crippen LogP contribution in [-0.2, 0) is 27.3 Å². The van der Waals surface area contributed by atoms with Crippen LogP contribution in [0.2, 0.25) is 0 Å². The van der Waals surface area contributed by atoms with Crippen LogP contribution in [0.25, 0.3) is 0 Å². The number of ether oxygens (including phenoxy) is 1. The van der Waals surface area contributed by atoms with E-state index in [9.17, 15) is 14.4 Å². The van der Waals surface area contributed by atoms with Gasteiger partial charge in [0.15, 0.2) is 10.8 Å². The summed E-state index contributed by atoms with van der Waals surface area (Å²) < 4.78 is 10.5. The van der Waals surface area contributed by atoms with E-state index in [1.54, 1.807) is 36.0 Å². The number of amides is 2. The third-order valence-corrected chi connectivity index (χ3v) is 6.70. The molecule has 1 unspecified atom stereocenters. The van der Waals surface area contributed by atoms with Crippen molar-refractivity contribution in [2.45, 2.75) is 33.2 Å². The molecular formula is C25H27N3O5S. The molecule has 1 saturated heterocycles. The van der Waals surface area contributed by atoms with Crippen molar-refractivity contribution in [3.05, 3.63) is 70.6 Å². The van der Waals surface area contributed by atoms with Crippen molar-refractivity contribution in [2.75, 3.05) is 24.6 Å². The van der Waals surface area contributed by atoms with Gasteiger partial charge in [-0.2, -0.15) is 0 Å². The van der Waals surface area contributed by atoms with Gasteiger partial charge in [-0.15, -0.1) is 11.3 Å². The average Bonchev–Trinajstić information content (AvgIpc) is 3.56. The summed E-state index contributed by atoms with van der Waals surface area (Å²) in [7, 11) is 0. The fourth-order valence-electron chi connectivity index (χ4n) is 3.97. The quantitative estimate of drug-likeness (QED) is 0.431. The van der Waals surface area contributed by atoms with E-state index in [2.05, 4.69) is 4.98 Å². The fraction of sp³-hybridized carbons (Fsp3) is 0.360. The van der Waals surface area contributed by atoms with Crippen molar-refractivity contribution in [1.29, 1.82) is 0 Å². The largest absolute Gasteiger partial charge is 0.467 e. The van der Waals surface area contributed by atoms with Gasteiger partial charge in [-0.3, -0.25) is 14.5 Å². The van der Waals surface area contributed by atoms with Crippen molar-refractivity contribution in [1.82, 2.24) is 9.88 Å². The van der Waals surface area contributed by atoms with Crippen LogP contribution in [0.1, 0.15) is 40.0 Å². The maximum atomic E-state index is 13.7. The highest BCUT2D eigenvalue weighted by atomic mass is 32.1. The highest BCUT2D eigenvalue weighted by Crippen LogP contribution is 2.30. The molecule has 0 N–H and O–H groups in total. The first kappa shape index (κ1) is 23.7. The van der Waals surface area contributed by atoms with E-state index >= 15 is 0 Å². The Labute approximate surface area is 202 Å². The number of benzene rings is 1. The maximum Gasteiger partial charge on any atom is 0.358 e. The van der Waals surface area contributed by atoms with Gasteiger partial charge >= 0.3 is 5.97 Å². The number of nitrogens with zero attached hydrogens (tertiary/aromatic N) is 3. The first-order valence-corrected chi connectivity index (χ1v) is 12.1. The van der Waals surface area contributed by atoms with Gasteiger partial charge in [0.1, 0.15) is 5.76 Å². The van der Waals surface area contributed by atoms with E-state index in [4.69, 9.17) is 9.15 Å². The van der Waals surface area contributed by atoms with Crippen LogP contribution in [0.4, 0.5) is 5.13 Å². The second-order valence-corrected chi connectivity index (χ2v) is 9.28. The molecule has 1 aromatic carbocycles. The van der Waals surface area contributed by atoms with Crippen molar-refractivity contribution < 1.29 is 23.5 Å². The third kappa shape index (κ3) is 5.36. The topological polar surface area (TPSA) is 92.9 Å². The lowest BCUT2D eigenvalue weighted by Crippen LogP contribution is -2.39. The number of carbonyl (C=O) groups is 3. The summed E-state index contributed by atoms with van der Waals surface area (Å²) in [4.78, 5) is 47.0. The Bertz CT molecular complexity index is 1140. The molecule has 178 valence electrons. The molecule has 0 bridgehead atoms. The van der Waals surface area contributed by atoms with Crippen LogP contribution < -0.4 is 4.90 Å². The molecule has 0 spiro atoms. The van der Waals surface area contributed by atoms with Crippen LogP contribution in [0.5, 0.6) is 0 Å². The minimum Gasteiger partial charge on any atom is -0.467 e. The average molecular weight is 482 g/mol. The van der Waals surface area contributed by atoms with Gasteiger partial charge in [-0.05, 0) is 38.0 Å². The molecule has 34 heavy (non-hydrogen) atoms. The van der Waals surface area contributed by atoms with Crippen molar-refractivity contribution in [2.24, 2.45) is 5.92 Å². The van der Waals surface area contributed by atoms with E-state index < -0.39 is 11.9 Å². The Hall–Kier alpha value is -3.46. The molecule has 0 radical (unpaired) electrons. The summed E-state index contributed by atoms with van der Waals surface area (Å²) in [6, 6.07) is 13.4. The number of hydrogen-bond donors (Lipinski definition) is 0. The summed E-state index contributed by atoms with van der Waals surface area (Å²) in [5.74, 6) is -0.570. The predicted octanol–water partition coefficient (Wildman–Crippen LogP) is 3.85. The molecule has 0 saturated carbocycles. The van der Waals surface area contributed by atoms with E-state index in [-0.39, 0.29) is 30.5 Å². The zero-order valence-corrected chi connectivity index (χ0v) is 20.0. The summed E-state index contributed by atoms with van der Waals surface area (Å²) >= 11 is 1.28. The Morgan fingerprint density at radius 2 is 2.03 bits per heavy atom. The molecule has 9 heteroatoms. The predicted molar refractivity (Wildman–Crippen MR) is 128 cm³/mol. The molecule has 3 aromatic rings. The fourth-order valence-corrected chi connectivity index (χ4v) is 4.90. The van der Waals surface area contributed by atoms with E-state index in [1.165, 1.54) is 11.3 Å². The second kappa shape index (κ2) is 10.6. The highest BCUT2D eigenvalue weighted by Gasteiger charge is 2.38. The number of rotatable bonds is 9. The Kier molecular flexibility index (Phi) is 7.42. The number of likely N-dealkylation sites (tertiary alicyclic amines) is 1. The first-order valence-electron chi connectivity index (χ1n) is 11.3. The molecule has 8 nitrogen and oxygen atoms in total. The van der Waals surface area contributed by atoms with Gasteiger partial charge in [0.2, 0.25) is 11.8 Å². The van der Waals surface area contributed by atoms with Gasteiger partial charge in [0.05, 0.1) is 25.3 Å². The van der Waals surface area contributed by atoms with Crippen molar-refractivity contribution in [3.8, 4) is 0 Å². The number of aromatic nitrogens is 1. The molecular weight excluding hydrogens is 454 g/mol. The highest BCUT2D eigenvalue weighted by molar-refractivity contribution is 7.16. The first-order chi connectivity index (χ1) is 16.5. The van der Waals surface area contributed by atoms with Gasteiger partial charge in [0.25, 0.3) is 0 Å². The van der Waals surface area contributed by atoms with Crippen LogP contribution in [0.15, 0.2) is 53.1 Å².